The number of anilines is 1. The number of nitrogens with one attached hydrogen (secondary N) is 3. The van der Waals surface area contributed by atoms with Gasteiger partial charge in [-0.15, -0.1) is 24.0 Å². The zero-order chi connectivity index (χ0) is 20.2. The van der Waals surface area contributed by atoms with Crippen molar-refractivity contribution in [2.45, 2.75) is 32.5 Å². The van der Waals surface area contributed by atoms with Crippen LogP contribution in [0.25, 0.3) is 0 Å². The lowest BCUT2D eigenvalue weighted by Gasteiger charge is -2.12. The highest BCUT2D eigenvalue weighted by Crippen LogP contribution is 2.28. The maximum absolute atomic E-state index is 12.5. The number of aliphatic imine (C=N–C) groups is 1. The average molecular weight is 525 g/mol. The molecule has 29 heavy (non-hydrogen) atoms. The quantitative estimate of drug-likeness (QED) is 0.192. The van der Waals surface area contributed by atoms with Gasteiger partial charge in [0.25, 0.3) is 0 Å². The van der Waals surface area contributed by atoms with E-state index in [-0.39, 0.29) is 24.0 Å². The van der Waals surface area contributed by atoms with Gasteiger partial charge in [0.2, 0.25) is 0 Å². The van der Waals surface area contributed by atoms with Gasteiger partial charge in [-0.3, -0.25) is 9.67 Å². The van der Waals surface area contributed by atoms with E-state index in [0.717, 1.165) is 44.2 Å². The first-order valence-corrected chi connectivity index (χ1v) is 9.26. The van der Waals surface area contributed by atoms with Gasteiger partial charge in [0.1, 0.15) is 5.82 Å². The molecule has 11 heteroatoms. The Morgan fingerprint density at radius 3 is 2.62 bits per heavy atom. The van der Waals surface area contributed by atoms with Crippen LogP contribution in [0.15, 0.2) is 41.8 Å². The Kier molecular flexibility index (Phi) is 11.4. The first-order valence-electron chi connectivity index (χ1n) is 9.26. The fourth-order valence-corrected chi connectivity index (χ4v) is 2.38. The van der Waals surface area contributed by atoms with E-state index in [4.69, 9.17) is 0 Å². The summed E-state index contributed by atoms with van der Waals surface area (Å²) in [6, 6.07) is 4.25. The molecule has 0 aliphatic rings. The number of aromatic nitrogens is 3. The van der Waals surface area contributed by atoms with Crippen molar-refractivity contribution in [1.29, 1.82) is 0 Å². The van der Waals surface area contributed by atoms with Gasteiger partial charge in [-0.05, 0) is 38.0 Å². The first kappa shape index (κ1) is 25.0. The fourth-order valence-electron chi connectivity index (χ4n) is 2.38. The van der Waals surface area contributed by atoms with Gasteiger partial charge in [-0.1, -0.05) is 0 Å². The molecule has 0 radical (unpaired) electrons. The van der Waals surface area contributed by atoms with Gasteiger partial charge in [0, 0.05) is 51.3 Å². The van der Waals surface area contributed by atoms with Crippen LogP contribution in [0.1, 0.15) is 25.3 Å². The minimum Gasteiger partial charge on any atom is -0.370 e. The first-order chi connectivity index (χ1) is 13.5. The van der Waals surface area contributed by atoms with Crippen molar-refractivity contribution in [3.8, 4) is 0 Å². The van der Waals surface area contributed by atoms with Gasteiger partial charge >= 0.3 is 6.18 Å². The molecule has 2 rings (SSSR count). The summed E-state index contributed by atoms with van der Waals surface area (Å²) < 4.78 is 39.4. The summed E-state index contributed by atoms with van der Waals surface area (Å²) in [7, 11) is 0. The standard InChI is InChI=1S/C18H26F3N7.HI/c1-2-22-17(25-10-4-12-28-13-5-11-27-28)24-9-3-8-23-16-7-6-15(14-26-16)18(19,20)21;/h5-7,11,13-14H,2-4,8-10,12H2,1H3,(H,23,26)(H2,22,24,25);1H. The molecule has 7 nitrogen and oxygen atoms in total. The molecule has 3 N–H and O–H groups in total. The Morgan fingerprint density at radius 1 is 1.17 bits per heavy atom. The van der Waals surface area contributed by atoms with E-state index in [0.29, 0.717) is 25.5 Å². The maximum atomic E-state index is 12.5. The molecule has 2 aromatic rings. The summed E-state index contributed by atoms with van der Waals surface area (Å²) in [6.07, 6.45) is 1.80. The fraction of sp³-hybridized carbons (Fsp3) is 0.500. The topological polar surface area (TPSA) is 79.2 Å². The summed E-state index contributed by atoms with van der Waals surface area (Å²) in [5, 5.41) is 13.6. The van der Waals surface area contributed by atoms with Crippen molar-refractivity contribution in [3.63, 3.8) is 0 Å². The van der Waals surface area contributed by atoms with Gasteiger partial charge in [0.15, 0.2) is 5.96 Å². The number of halogens is 4. The van der Waals surface area contributed by atoms with Crippen molar-refractivity contribution in [2.75, 3.05) is 31.5 Å². The van der Waals surface area contributed by atoms with Gasteiger partial charge < -0.3 is 16.0 Å². The van der Waals surface area contributed by atoms with Crippen LogP contribution in [0.5, 0.6) is 0 Å². The third kappa shape index (κ3) is 9.81. The van der Waals surface area contributed by atoms with Crippen LogP contribution in [0.4, 0.5) is 19.0 Å². The molecule has 0 spiro atoms. The molecular weight excluding hydrogens is 498 g/mol. The largest absolute Gasteiger partial charge is 0.417 e. The predicted octanol–water partition coefficient (Wildman–Crippen LogP) is 3.36. The Hall–Kier alpha value is -2.05. The van der Waals surface area contributed by atoms with Gasteiger partial charge in [-0.2, -0.15) is 18.3 Å². The normalized spacial score (nSPS) is 11.7. The van der Waals surface area contributed by atoms with E-state index >= 15 is 0 Å². The number of pyridine rings is 1. The SMILES string of the molecule is CCNC(=NCCCn1cccn1)NCCCNc1ccc(C(F)(F)F)cn1.I. The Balaban J connectivity index is 0.00000420. The second-order valence-corrected chi connectivity index (χ2v) is 6.02. The molecule has 2 heterocycles. The van der Waals surface area contributed by atoms with Crippen molar-refractivity contribution >= 4 is 35.8 Å². The zero-order valence-corrected chi connectivity index (χ0v) is 18.6. The van der Waals surface area contributed by atoms with E-state index < -0.39 is 11.7 Å². The van der Waals surface area contributed by atoms with Crippen LogP contribution < -0.4 is 16.0 Å². The number of alkyl halides is 3. The minimum absolute atomic E-state index is 0. The molecule has 0 atom stereocenters. The zero-order valence-electron chi connectivity index (χ0n) is 16.2. The molecule has 0 amide bonds. The lowest BCUT2D eigenvalue weighted by atomic mass is 10.3. The summed E-state index contributed by atoms with van der Waals surface area (Å²) in [5.41, 5.74) is -0.751. The van der Waals surface area contributed by atoms with Crippen LogP contribution in [0, 0.1) is 0 Å². The highest BCUT2D eigenvalue weighted by molar-refractivity contribution is 14.0. The molecule has 0 unspecified atom stereocenters. The number of rotatable bonds is 10. The van der Waals surface area contributed by atoms with Crippen molar-refractivity contribution in [1.82, 2.24) is 25.4 Å². The van der Waals surface area contributed by atoms with E-state index in [1.807, 2.05) is 23.9 Å². The summed E-state index contributed by atoms with van der Waals surface area (Å²) in [5.74, 6) is 1.17. The Bertz CT molecular complexity index is 703. The van der Waals surface area contributed by atoms with Crippen LogP contribution in [-0.4, -0.2) is 46.9 Å². The molecule has 0 aliphatic carbocycles. The third-order valence-corrected chi connectivity index (χ3v) is 3.76. The number of aryl methyl sites for hydroxylation is 1. The second-order valence-electron chi connectivity index (χ2n) is 6.02. The van der Waals surface area contributed by atoms with Crippen LogP contribution in [-0.2, 0) is 12.7 Å². The number of guanidine groups is 1. The molecular formula is C18H27F3IN7. The highest BCUT2D eigenvalue weighted by atomic mass is 127. The van der Waals surface area contributed by atoms with Crippen LogP contribution in [0.3, 0.4) is 0 Å². The molecule has 0 saturated heterocycles. The molecule has 0 bridgehead atoms. The maximum Gasteiger partial charge on any atom is 0.417 e. The number of hydrogen-bond donors (Lipinski definition) is 3. The highest BCUT2D eigenvalue weighted by Gasteiger charge is 2.30. The van der Waals surface area contributed by atoms with Gasteiger partial charge in [-0.25, -0.2) is 4.98 Å². The van der Waals surface area contributed by atoms with Crippen molar-refractivity contribution in [3.05, 3.63) is 42.4 Å². The lowest BCUT2D eigenvalue weighted by Crippen LogP contribution is -2.38. The summed E-state index contributed by atoms with van der Waals surface area (Å²) in [6.45, 7) is 5.53. The van der Waals surface area contributed by atoms with E-state index in [1.165, 1.54) is 6.07 Å². The number of nitrogens with zero attached hydrogens (tertiary/aromatic N) is 4. The van der Waals surface area contributed by atoms with Gasteiger partial charge in [0.05, 0.1) is 5.56 Å². The second kappa shape index (κ2) is 13.2. The smallest absolute Gasteiger partial charge is 0.370 e. The van der Waals surface area contributed by atoms with E-state index in [2.05, 4.69) is 31.0 Å². The van der Waals surface area contributed by atoms with Crippen LogP contribution in [0.2, 0.25) is 0 Å². The Morgan fingerprint density at radius 2 is 2.00 bits per heavy atom. The monoisotopic (exact) mass is 525 g/mol. The van der Waals surface area contributed by atoms with Crippen LogP contribution >= 0.6 is 24.0 Å². The average Bonchev–Trinajstić information content (AvgIpc) is 3.18. The van der Waals surface area contributed by atoms with Crippen molar-refractivity contribution in [2.24, 2.45) is 4.99 Å². The lowest BCUT2D eigenvalue weighted by molar-refractivity contribution is -0.137. The van der Waals surface area contributed by atoms with Crippen molar-refractivity contribution < 1.29 is 13.2 Å². The molecule has 0 aromatic carbocycles. The molecule has 0 aliphatic heterocycles. The van der Waals surface area contributed by atoms with E-state index in [9.17, 15) is 13.2 Å². The predicted molar refractivity (Wildman–Crippen MR) is 119 cm³/mol. The third-order valence-electron chi connectivity index (χ3n) is 3.76. The van der Waals surface area contributed by atoms with E-state index in [1.54, 1.807) is 6.20 Å². The molecule has 2 aromatic heterocycles. The summed E-state index contributed by atoms with van der Waals surface area (Å²) >= 11 is 0. The Labute approximate surface area is 185 Å². The number of hydrogen-bond acceptors (Lipinski definition) is 4. The summed E-state index contributed by atoms with van der Waals surface area (Å²) in [4.78, 5) is 8.30. The minimum atomic E-state index is -4.37. The molecule has 0 saturated carbocycles. The molecule has 0 fully saturated rings. The molecule has 162 valence electrons.